The molecule has 1 aromatic rings. The van der Waals surface area contributed by atoms with Gasteiger partial charge in [0.15, 0.2) is 4.90 Å². The number of nitro groups is 1. The third kappa shape index (κ3) is 3.31. The molecule has 0 radical (unpaired) electrons. The first kappa shape index (κ1) is 16.1. The lowest BCUT2D eigenvalue weighted by Crippen LogP contribution is -2.29. The summed E-state index contributed by atoms with van der Waals surface area (Å²) in [6.07, 6.45) is 0. The van der Waals surface area contributed by atoms with Gasteiger partial charge in [-0.15, -0.1) is 0 Å². The first-order valence-corrected chi connectivity index (χ1v) is 8.06. The number of sulfonamides is 1. The number of hydrogen-bond donors (Lipinski definition) is 0. The maximum Gasteiger partial charge on any atom is 0.289 e. The van der Waals surface area contributed by atoms with Crippen molar-refractivity contribution in [2.75, 3.05) is 18.9 Å². The van der Waals surface area contributed by atoms with Crippen LogP contribution in [0.25, 0.3) is 0 Å². The molecule has 0 bridgehead atoms. The van der Waals surface area contributed by atoms with E-state index in [2.05, 4.69) is 15.9 Å². The minimum atomic E-state index is -3.85. The monoisotopic (exact) mass is 350 g/mol. The second-order valence-corrected chi connectivity index (χ2v) is 6.98. The predicted octanol–water partition coefficient (Wildman–Crippen LogP) is 2.23. The predicted molar refractivity (Wildman–Crippen MR) is 76.2 cm³/mol. The number of rotatable bonds is 5. The molecule has 0 N–H and O–H groups in total. The summed E-state index contributed by atoms with van der Waals surface area (Å²) in [6.45, 7) is 3.68. The molecular formula is C11H15BrN2O4S. The Morgan fingerprint density at radius 3 is 2.32 bits per heavy atom. The van der Waals surface area contributed by atoms with Crippen molar-refractivity contribution in [3.63, 3.8) is 0 Å². The van der Waals surface area contributed by atoms with Crippen LogP contribution in [0.1, 0.15) is 11.1 Å². The summed E-state index contributed by atoms with van der Waals surface area (Å²) in [4.78, 5) is 10.1. The average molecular weight is 351 g/mol. The molecule has 106 valence electrons. The lowest BCUT2D eigenvalue weighted by atomic mass is 10.1. The van der Waals surface area contributed by atoms with Gasteiger partial charge >= 0.3 is 0 Å². The van der Waals surface area contributed by atoms with E-state index in [1.807, 2.05) is 0 Å². The second-order valence-electron chi connectivity index (χ2n) is 4.18. The maximum absolute atomic E-state index is 12.3. The molecule has 0 saturated carbocycles. The molecule has 0 amide bonds. The number of nitrogens with zero attached hydrogens (tertiary/aromatic N) is 2. The Bertz CT molecular complexity index is 601. The normalized spacial score (nSPS) is 11.8. The molecule has 1 aromatic carbocycles. The Labute approximate surface area is 120 Å². The van der Waals surface area contributed by atoms with Gasteiger partial charge in [0.05, 0.1) is 4.92 Å². The zero-order valence-electron chi connectivity index (χ0n) is 10.9. The molecule has 0 atom stereocenters. The van der Waals surface area contributed by atoms with Crippen LogP contribution in [-0.4, -0.2) is 36.6 Å². The van der Waals surface area contributed by atoms with Crippen molar-refractivity contribution in [2.45, 2.75) is 18.7 Å². The van der Waals surface area contributed by atoms with Gasteiger partial charge in [-0.2, -0.15) is 4.31 Å². The van der Waals surface area contributed by atoms with Crippen LogP contribution >= 0.6 is 15.9 Å². The molecule has 0 spiro atoms. The van der Waals surface area contributed by atoms with E-state index in [0.717, 1.165) is 4.31 Å². The molecule has 0 fully saturated rings. The average Bonchev–Trinajstić information content (AvgIpc) is 2.31. The topological polar surface area (TPSA) is 80.5 Å². The fourth-order valence-corrected chi connectivity index (χ4v) is 3.69. The van der Waals surface area contributed by atoms with Gasteiger partial charge in [-0.1, -0.05) is 15.9 Å². The summed E-state index contributed by atoms with van der Waals surface area (Å²) >= 11 is 3.15. The number of nitro benzene ring substituents is 1. The lowest BCUT2D eigenvalue weighted by molar-refractivity contribution is -0.387. The Morgan fingerprint density at radius 1 is 1.32 bits per heavy atom. The molecule has 0 saturated heterocycles. The summed E-state index contributed by atoms with van der Waals surface area (Å²) in [5.41, 5.74) is 1.01. The molecule has 0 aliphatic rings. The summed E-state index contributed by atoms with van der Waals surface area (Å²) < 4.78 is 25.7. The van der Waals surface area contributed by atoms with Crippen LogP contribution < -0.4 is 0 Å². The fourth-order valence-electron chi connectivity index (χ4n) is 1.53. The van der Waals surface area contributed by atoms with Gasteiger partial charge in [0.1, 0.15) is 0 Å². The van der Waals surface area contributed by atoms with Crippen molar-refractivity contribution in [3.05, 3.63) is 33.4 Å². The first-order valence-electron chi connectivity index (χ1n) is 5.49. The molecule has 0 heterocycles. The van der Waals surface area contributed by atoms with Crippen molar-refractivity contribution in [2.24, 2.45) is 0 Å². The maximum atomic E-state index is 12.3. The highest BCUT2D eigenvalue weighted by atomic mass is 79.9. The SMILES string of the molecule is Cc1cc([N+](=O)[O-])c(S(=O)(=O)N(C)CCBr)cc1C. The van der Waals surface area contributed by atoms with E-state index in [1.54, 1.807) is 13.8 Å². The van der Waals surface area contributed by atoms with E-state index < -0.39 is 14.9 Å². The molecule has 0 aliphatic carbocycles. The van der Waals surface area contributed by atoms with Gasteiger partial charge in [0.2, 0.25) is 10.0 Å². The van der Waals surface area contributed by atoms with Gasteiger partial charge < -0.3 is 0 Å². The Hall–Kier alpha value is -0.990. The summed E-state index contributed by atoms with van der Waals surface area (Å²) in [6, 6.07) is 2.65. The zero-order valence-corrected chi connectivity index (χ0v) is 13.3. The van der Waals surface area contributed by atoms with E-state index >= 15 is 0 Å². The molecule has 0 aromatic heterocycles. The number of benzene rings is 1. The first-order chi connectivity index (χ1) is 8.71. The van der Waals surface area contributed by atoms with Gasteiger partial charge in [-0.25, -0.2) is 8.42 Å². The van der Waals surface area contributed by atoms with Gasteiger partial charge in [0, 0.05) is 25.0 Å². The van der Waals surface area contributed by atoms with E-state index in [4.69, 9.17) is 0 Å². The fraction of sp³-hybridized carbons (Fsp3) is 0.455. The van der Waals surface area contributed by atoms with Crippen molar-refractivity contribution in [1.82, 2.24) is 4.31 Å². The molecule has 8 heteroatoms. The van der Waals surface area contributed by atoms with Gasteiger partial charge in [-0.3, -0.25) is 10.1 Å². The minimum Gasteiger partial charge on any atom is -0.258 e. The van der Waals surface area contributed by atoms with Crippen LogP contribution in [0, 0.1) is 24.0 Å². The molecule has 19 heavy (non-hydrogen) atoms. The quantitative estimate of drug-likeness (QED) is 0.463. The Kier molecular flexibility index (Phi) is 5.05. The highest BCUT2D eigenvalue weighted by Gasteiger charge is 2.29. The van der Waals surface area contributed by atoms with Crippen LogP contribution in [0.4, 0.5) is 5.69 Å². The lowest BCUT2D eigenvalue weighted by Gasteiger charge is -2.16. The standard InChI is InChI=1S/C11H15BrN2O4S/c1-8-6-10(14(15)16)11(7-9(8)2)19(17,18)13(3)5-4-12/h6-7H,4-5H2,1-3H3. The summed E-state index contributed by atoms with van der Waals surface area (Å²) in [5, 5.41) is 11.5. The van der Waals surface area contributed by atoms with Gasteiger partial charge in [0.25, 0.3) is 5.69 Å². The molecule has 0 unspecified atom stereocenters. The largest absolute Gasteiger partial charge is 0.289 e. The number of aryl methyl sites for hydroxylation is 2. The third-order valence-corrected chi connectivity index (χ3v) is 5.10. The van der Waals surface area contributed by atoms with Crippen LogP contribution in [0.5, 0.6) is 0 Å². The Morgan fingerprint density at radius 2 is 1.84 bits per heavy atom. The second kappa shape index (κ2) is 5.98. The molecular weight excluding hydrogens is 336 g/mol. The van der Waals surface area contributed by atoms with E-state index in [9.17, 15) is 18.5 Å². The van der Waals surface area contributed by atoms with Crippen molar-refractivity contribution in [1.29, 1.82) is 0 Å². The minimum absolute atomic E-state index is 0.242. The summed E-state index contributed by atoms with van der Waals surface area (Å²) in [5.74, 6) is 0. The number of hydrogen-bond acceptors (Lipinski definition) is 4. The van der Waals surface area contributed by atoms with Crippen LogP contribution in [0.2, 0.25) is 0 Å². The van der Waals surface area contributed by atoms with Crippen molar-refractivity contribution >= 4 is 31.6 Å². The zero-order chi connectivity index (χ0) is 14.8. The molecule has 1 rings (SSSR count). The highest BCUT2D eigenvalue weighted by molar-refractivity contribution is 9.09. The molecule has 6 nitrogen and oxygen atoms in total. The van der Waals surface area contributed by atoms with Gasteiger partial charge in [-0.05, 0) is 31.0 Å². The van der Waals surface area contributed by atoms with Crippen LogP contribution in [0.15, 0.2) is 17.0 Å². The summed E-state index contributed by atoms with van der Waals surface area (Å²) in [7, 11) is -2.46. The van der Waals surface area contributed by atoms with Crippen LogP contribution in [-0.2, 0) is 10.0 Å². The third-order valence-electron chi connectivity index (χ3n) is 2.86. The highest BCUT2D eigenvalue weighted by Crippen LogP contribution is 2.29. The number of alkyl halides is 1. The molecule has 0 aliphatic heterocycles. The van der Waals surface area contributed by atoms with Crippen molar-refractivity contribution < 1.29 is 13.3 Å². The van der Waals surface area contributed by atoms with Crippen molar-refractivity contribution in [3.8, 4) is 0 Å². The van der Waals surface area contributed by atoms with Crippen LogP contribution in [0.3, 0.4) is 0 Å². The number of halogens is 1. The Balaban J connectivity index is 3.49. The van der Waals surface area contributed by atoms with E-state index in [0.29, 0.717) is 16.5 Å². The smallest absolute Gasteiger partial charge is 0.258 e. The van der Waals surface area contributed by atoms with E-state index in [-0.39, 0.29) is 17.1 Å². The van der Waals surface area contributed by atoms with E-state index in [1.165, 1.54) is 19.2 Å².